The van der Waals surface area contributed by atoms with E-state index in [1.165, 1.54) is 77.7 Å². The standard InChI is InChI=1S/C17H35N5.HI/c1-18-17(20-16-8-4-3-5-9-16)19-10-6-7-11-22-14-12-21(2)13-15-22;/h16H,3-15H2,1-2H3,(H2,18,19,20);1H. The molecule has 0 atom stereocenters. The topological polar surface area (TPSA) is 42.9 Å². The number of nitrogens with zero attached hydrogens (tertiary/aromatic N) is 3. The zero-order valence-corrected chi connectivity index (χ0v) is 17.3. The summed E-state index contributed by atoms with van der Waals surface area (Å²) in [4.78, 5) is 9.36. The van der Waals surface area contributed by atoms with E-state index in [1.807, 2.05) is 7.05 Å². The van der Waals surface area contributed by atoms with Crippen molar-refractivity contribution in [2.75, 3.05) is 53.4 Å². The summed E-state index contributed by atoms with van der Waals surface area (Å²) < 4.78 is 0. The summed E-state index contributed by atoms with van der Waals surface area (Å²) in [7, 11) is 4.09. The molecule has 0 aromatic heterocycles. The molecule has 23 heavy (non-hydrogen) atoms. The molecule has 0 unspecified atom stereocenters. The van der Waals surface area contributed by atoms with E-state index in [-0.39, 0.29) is 24.0 Å². The van der Waals surface area contributed by atoms with Crippen LogP contribution in [0.5, 0.6) is 0 Å². The fraction of sp³-hybridized carbons (Fsp3) is 0.941. The van der Waals surface area contributed by atoms with Gasteiger partial charge >= 0.3 is 0 Å². The third-order valence-electron chi connectivity index (χ3n) is 4.96. The first-order chi connectivity index (χ1) is 10.8. The van der Waals surface area contributed by atoms with Crippen LogP contribution in [0.15, 0.2) is 4.99 Å². The fourth-order valence-electron chi connectivity index (χ4n) is 3.37. The first-order valence-electron chi connectivity index (χ1n) is 9.16. The first kappa shape index (κ1) is 21.0. The average Bonchev–Trinajstić information content (AvgIpc) is 2.56. The van der Waals surface area contributed by atoms with Crippen LogP contribution in [0.2, 0.25) is 0 Å². The SMILES string of the molecule is CN=C(NCCCCN1CCN(C)CC1)NC1CCCCC1.I. The van der Waals surface area contributed by atoms with E-state index in [2.05, 4.69) is 32.5 Å². The maximum absolute atomic E-state index is 4.36. The third kappa shape index (κ3) is 8.54. The number of halogens is 1. The largest absolute Gasteiger partial charge is 0.356 e. The zero-order chi connectivity index (χ0) is 15.6. The Bertz CT molecular complexity index is 323. The molecule has 1 heterocycles. The van der Waals surface area contributed by atoms with Crippen molar-refractivity contribution in [1.82, 2.24) is 20.4 Å². The van der Waals surface area contributed by atoms with E-state index in [0.29, 0.717) is 6.04 Å². The summed E-state index contributed by atoms with van der Waals surface area (Å²) in [5.74, 6) is 0.992. The van der Waals surface area contributed by atoms with Gasteiger partial charge in [-0.3, -0.25) is 4.99 Å². The number of hydrogen-bond donors (Lipinski definition) is 2. The van der Waals surface area contributed by atoms with Crippen LogP contribution in [0.25, 0.3) is 0 Å². The molecule has 1 saturated heterocycles. The summed E-state index contributed by atoms with van der Waals surface area (Å²) in [5.41, 5.74) is 0. The maximum Gasteiger partial charge on any atom is 0.191 e. The van der Waals surface area contributed by atoms with Gasteiger partial charge in [-0.1, -0.05) is 19.3 Å². The van der Waals surface area contributed by atoms with Gasteiger partial charge in [0.2, 0.25) is 0 Å². The van der Waals surface area contributed by atoms with E-state index in [9.17, 15) is 0 Å². The molecule has 0 radical (unpaired) electrons. The van der Waals surface area contributed by atoms with E-state index < -0.39 is 0 Å². The molecule has 5 nitrogen and oxygen atoms in total. The zero-order valence-electron chi connectivity index (χ0n) is 15.0. The van der Waals surface area contributed by atoms with Gasteiger partial charge in [0.25, 0.3) is 0 Å². The number of nitrogens with one attached hydrogen (secondary N) is 2. The third-order valence-corrected chi connectivity index (χ3v) is 4.96. The normalized spacial score (nSPS) is 21.7. The minimum atomic E-state index is 0. The van der Waals surface area contributed by atoms with Crippen molar-refractivity contribution in [3.63, 3.8) is 0 Å². The summed E-state index contributed by atoms with van der Waals surface area (Å²) in [5, 5.41) is 7.05. The fourth-order valence-corrected chi connectivity index (χ4v) is 3.37. The summed E-state index contributed by atoms with van der Waals surface area (Å²) in [6, 6.07) is 0.630. The lowest BCUT2D eigenvalue weighted by molar-refractivity contribution is 0.152. The van der Waals surface area contributed by atoms with Gasteiger partial charge < -0.3 is 20.4 Å². The molecule has 0 bridgehead atoms. The van der Waals surface area contributed by atoms with Gasteiger partial charge in [0.15, 0.2) is 5.96 Å². The van der Waals surface area contributed by atoms with Crippen LogP contribution in [-0.4, -0.2) is 75.2 Å². The van der Waals surface area contributed by atoms with Gasteiger partial charge in [0, 0.05) is 45.8 Å². The van der Waals surface area contributed by atoms with Crippen molar-refractivity contribution in [3.8, 4) is 0 Å². The minimum Gasteiger partial charge on any atom is -0.356 e. The number of guanidine groups is 1. The Morgan fingerprint density at radius 2 is 1.74 bits per heavy atom. The highest BCUT2D eigenvalue weighted by atomic mass is 127. The highest BCUT2D eigenvalue weighted by Crippen LogP contribution is 2.17. The second kappa shape index (κ2) is 12.3. The van der Waals surface area contributed by atoms with Crippen molar-refractivity contribution in [1.29, 1.82) is 0 Å². The Labute approximate surface area is 159 Å². The predicted molar refractivity (Wildman–Crippen MR) is 110 cm³/mol. The van der Waals surface area contributed by atoms with E-state index >= 15 is 0 Å². The first-order valence-corrected chi connectivity index (χ1v) is 9.16. The molecule has 2 N–H and O–H groups in total. The maximum atomic E-state index is 4.36. The van der Waals surface area contributed by atoms with Gasteiger partial charge in [-0.05, 0) is 39.3 Å². The number of likely N-dealkylation sites (N-methyl/N-ethyl adjacent to an activating group) is 1. The molecular weight excluding hydrogens is 401 g/mol. The van der Waals surface area contributed by atoms with Crippen LogP contribution in [0.3, 0.4) is 0 Å². The molecule has 6 heteroatoms. The molecule has 0 aromatic carbocycles. The number of piperazine rings is 1. The molecule has 0 aromatic rings. The molecular formula is C17H36IN5. The Balaban J connectivity index is 0.00000264. The molecule has 1 aliphatic carbocycles. The van der Waals surface area contributed by atoms with Crippen molar-refractivity contribution >= 4 is 29.9 Å². The van der Waals surface area contributed by atoms with Gasteiger partial charge in [-0.15, -0.1) is 24.0 Å². The molecule has 136 valence electrons. The molecule has 0 spiro atoms. The average molecular weight is 437 g/mol. The minimum absolute atomic E-state index is 0. The van der Waals surface area contributed by atoms with Crippen LogP contribution in [-0.2, 0) is 0 Å². The Morgan fingerprint density at radius 3 is 2.39 bits per heavy atom. The van der Waals surface area contributed by atoms with E-state index in [0.717, 1.165) is 12.5 Å². The van der Waals surface area contributed by atoms with Gasteiger partial charge in [-0.25, -0.2) is 0 Å². The second-order valence-electron chi connectivity index (χ2n) is 6.83. The van der Waals surface area contributed by atoms with Crippen LogP contribution < -0.4 is 10.6 Å². The predicted octanol–water partition coefficient (Wildman–Crippen LogP) is 2.13. The number of unbranched alkanes of at least 4 members (excludes halogenated alkanes) is 1. The van der Waals surface area contributed by atoms with Crippen LogP contribution in [0.4, 0.5) is 0 Å². The lowest BCUT2D eigenvalue weighted by atomic mass is 9.96. The van der Waals surface area contributed by atoms with Crippen LogP contribution in [0.1, 0.15) is 44.9 Å². The van der Waals surface area contributed by atoms with Crippen molar-refractivity contribution in [3.05, 3.63) is 0 Å². The molecule has 0 amide bonds. The molecule has 2 rings (SSSR count). The van der Waals surface area contributed by atoms with Gasteiger partial charge in [0.05, 0.1) is 0 Å². The Morgan fingerprint density at radius 1 is 1.04 bits per heavy atom. The van der Waals surface area contributed by atoms with E-state index in [4.69, 9.17) is 0 Å². The van der Waals surface area contributed by atoms with E-state index in [1.54, 1.807) is 0 Å². The smallest absolute Gasteiger partial charge is 0.191 e. The van der Waals surface area contributed by atoms with Crippen molar-refractivity contribution in [2.45, 2.75) is 51.0 Å². The molecule has 1 saturated carbocycles. The van der Waals surface area contributed by atoms with Crippen LogP contribution >= 0.6 is 24.0 Å². The molecule has 1 aliphatic heterocycles. The van der Waals surface area contributed by atoms with Gasteiger partial charge in [-0.2, -0.15) is 0 Å². The summed E-state index contributed by atoms with van der Waals surface area (Å²) in [6.07, 6.45) is 9.21. The summed E-state index contributed by atoms with van der Waals surface area (Å²) >= 11 is 0. The Hall–Kier alpha value is -0.0800. The highest BCUT2D eigenvalue weighted by molar-refractivity contribution is 14.0. The number of hydrogen-bond acceptors (Lipinski definition) is 3. The van der Waals surface area contributed by atoms with Crippen molar-refractivity contribution in [2.24, 2.45) is 4.99 Å². The lowest BCUT2D eigenvalue weighted by Crippen LogP contribution is -2.45. The monoisotopic (exact) mass is 437 g/mol. The summed E-state index contributed by atoms with van der Waals surface area (Å²) in [6.45, 7) is 7.17. The quantitative estimate of drug-likeness (QED) is 0.289. The molecule has 2 fully saturated rings. The number of rotatable bonds is 6. The second-order valence-corrected chi connectivity index (χ2v) is 6.83. The lowest BCUT2D eigenvalue weighted by Gasteiger charge is -2.32. The number of aliphatic imine (C=N–C) groups is 1. The van der Waals surface area contributed by atoms with Gasteiger partial charge in [0.1, 0.15) is 0 Å². The van der Waals surface area contributed by atoms with Crippen molar-refractivity contribution < 1.29 is 0 Å². The van der Waals surface area contributed by atoms with Crippen LogP contribution in [0, 0.1) is 0 Å². The highest BCUT2D eigenvalue weighted by Gasteiger charge is 2.14. The Kier molecular flexibility index (Phi) is 11.2. The molecule has 2 aliphatic rings.